The summed E-state index contributed by atoms with van der Waals surface area (Å²) in [5, 5.41) is 3.14. The van der Waals surface area contributed by atoms with Crippen LogP contribution >= 0.6 is 0 Å². The van der Waals surface area contributed by atoms with E-state index < -0.39 is 0 Å². The normalized spacial score (nSPS) is 17.4. The molecule has 2 aromatic carbocycles. The second-order valence-corrected chi connectivity index (χ2v) is 5.14. The summed E-state index contributed by atoms with van der Waals surface area (Å²) < 4.78 is 19.9. The molecule has 0 aliphatic carbocycles. The molecule has 2 aromatic rings. The van der Waals surface area contributed by atoms with Crippen LogP contribution in [0.3, 0.4) is 0 Å². The van der Waals surface area contributed by atoms with Crippen molar-refractivity contribution >= 4 is 0 Å². The number of halogens is 1. The van der Waals surface area contributed by atoms with E-state index in [0.29, 0.717) is 0 Å². The van der Waals surface area contributed by atoms with E-state index in [1.165, 1.54) is 0 Å². The number of nitrogens with one attached hydrogen (secondary N) is 1. The van der Waals surface area contributed by atoms with Gasteiger partial charge in [-0.05, 0) is 43.1 Å². The zero-order valence-electron chi connectivity index (χ0n) is 11.5. The minimum Gasteiger partial charge on any atom is -0.488 e. The third-order valence-electron chi connectivity index (χ3n) is 3.67. The number of rotatable bonds is 3. The van der Waals surface area contributed by atoms with Gasteiger partial charge < -0.3 is 10.1 Å². The van der Waals surface area contributed by atoms with Crippen molar-refractivity contribution in [3.05, 3.63) is 53.8 Å². The van der Waals surface area contributed by atoms with Crippen molar-refractivity contribution in [1.82, 2.24) is 5.32 Å². The second kappa shape index (κ2) is 5.63. The zero-order chi connectivity index (χ0) is 13.9. The van der Waals surface area contributed by atoms with E-state index in [1.54, 1.807) is 12.1 Å². The fourth-order valence-electron chi connectivity index (χ4n) is 2.72. The number of ether oxygens (including phenoxy) is 1. The van der Waals surface area contributed by atoms with Gasteiger partial charge in [-0.1, -0.05) is 30.3 Å². The molecule has 1 atom stereocenters. The zero-order valence-corrected chi connectivity index (χ0v) is 11.5. The summed E-state index contributed by atoms with van der Waals surface area (Å²) in [4.78, 5) is 0. The Labute approximate surface area is 118 Å². The highest BCUT2D eigenvalue weighted by atomic mass is 19.1. The van der Waals surface area contributed by atoms with Crippen molar-refractivity contribution in [2.75, 3.05) is 13.6 Å². The van der Waals surface area contributed by atoms with Crippen molar-refractivity contribution in [3.8, 4) is 16.9 Å². The predicted molar refractivity (Wildman–Crippen MR) is 78.5 cm³/mol. The second-order valence-electron chi connectivity index (χ2n) is 5.14. The molecule has 0 saturated carbocycles. The molecule has 20 heavy (non-hydrogen) atoms. The fraction of sp³-hybridized carbons (Fsp3) is 0.294. The Morgan fingerprint density at radius 2 is 2.05 bits per heavy atom. The summed E-state index contributed by atoms with van der Waals surface area (Å²) in [5.41, 5.74) is 2.81. The van der Waals surface area contributed by atoms with Gasteiger partial charge in [0.15, 0.2) is 0 Å². The van der Waals surface area contributed by atoms with Crippen molar-refractivity contribution < 1.29 is 9.13 Å². The van der Waals surface area contributed by atoms with Crippen LogP contribution in [-0.4, -0.2) is 19.7 Å². The van der Waals surface area contributed by atoms with E-state index in [2.05, 4.69) is 5.32 Å². The molecule has 0 spiro atoms. The van der Waals surface area contributed by atoms with Crippen LogP contribution in [0.2, 0.25) is 0 Å². The Morgan fingerprint density at radius 1 is 1.25 bits per heavy atom. The third kappa shape index (κ3) is 2.54. The summed E-state index contributed by atoms with van der Waals surface area (Å²) in [7, 11) is 1.92. The fourth-order valence-corrected chi connectivity index (χ4v) is 2.72. The number of likely N-dealkylation sites (N-methyl/N-ethyl adjacent to an activating group) is 1. The molecule has 1 aliphatic rings. The van der Waals surface area contributed by atoms with Crippen molar-refractivity contribution in [1.29, 1.82) is 0 Å². The molecule has 0 amide bonds. The van der Waals surface area contributed by atoms with E-state index >= 15 is 0 Å². The smallest absolute Gasteiger partial charge is 0.131 e. The Balaban J connectivity index is 2.05. The van der Waals surface area contributed by atoms with E-state index in [4.69, 9.17) is 4.74 Å². The molecule has 0 fully saturated rings. The van der Waals surface area contributed by atoms with Gasteiger partial charge in [-0.3, -0.25) is 0 Å². The number of hydrogen-bond donors (Lipinski definition) is 1. The minimum absolute atomic E-state index is 0.153. The Kier molecular flexibility index (Phi) is 3.70. The molecule has 0 unspecified atom stereocenters. The topological polar surface area (TPSA) is 21.3 Å². The van der Waals surface area contributed by atoms with E-state index in [-0.39, 0.29) is 11.9 Å². The van der Waals surface area contributed by atoms with Crippen LogP contribution in [0.1, 0.15) is 12.0 Å². The molecular weight excluding hydrogens is 253 g/mol. The van der Waals surface area contributed by atoms with Gasteiger partial charge in [-0.25, -0.2) is 4.39 Å². The maximum Gasteiger partial charge on any atom is 0.131 e. The summed E-state index contributed by atoms with van der Waals surface area (Å²) in [6.45, 7) is 0.811. The highest BCUT2D eigenvalue weighted by Crippen LogP contribution is 2.38. The van der Waals surface area contributed by atoms with Gasteiger partial charge in [-0.2, -0.15) is 0 Å². The highest BCUT2D eigenvalue weighted by molar-refractivity contribution is 5.72. The lowest BCUT2D eigenvalue weighted by molar-refractivity contribution is 0.174. The van der Waals surface area contributed by atoms with E-state index in [0.717, 1.165) is 41.8 Å². The number of hydrogen-bond acceptors (Lipinski definition) is 2. The summed E-state index contributed by atoms with van der Waals surface area (Å²) in [6.07, 6.45) is 1.94. The Hall–Kier alpha value is -1.87. The summed E-state index contributed by atoms with van der Waals surface area (Å²) >= 11 is 0. The van der Waals surface area contributed by atoms with Crippen molar-refractivity contribution in [2.24, 2.45) is 0 Å². The van der Waals surface area contributed by atoms with Crippen molar-refractivity contribution in [3.63, 3.8) is 0 Å². The first kappa shape index (κ1) is 13.1. The summed E-state index contributed by atoms with van der Waals surface area (Å²) in [5.74, 6) is 0.641. The first-order valence-corrected chi connectivity index (χ1v) is 6.97. The highest BCUT2D eigenvalue weighted by Gasteiger charge is 2.23. The molecule has 0 radical (unpaired) electrons. The van der Waals surface area contributed by atoms with Gasteiger partial charge >= 0.3 is 0 Å². The molecular formula is C17H18FNO. The molecule has 0 saturated heterocycles. The lowest BCUT2D eigenvalue weighted by Crippen LogP contribution is -2.32. The standard InChI is InChI=1S/C17H18FNO/c1-19-11-15-8-7-13-9-14(18)10-16(17(13)20-15)12-5-3-2-4-6-12/h2-6,9-10,15,19H,7-8,11H2,1H3/t15-/m1/s1. The predicted octanol–water partition coefficient (Wildman–Crippen LogP) is 3.41. The molecule has 1 N–H and O–H groups in total. The lowest BCUT2D eigenvalue weighted by Gasteiger charge is -2.28. The van der Waals surface area contributed by atoms with Gasteiger partial charge in [0.2, 0.25) is 0 Å². The van der Waals surface area contributed by atoms with Crippen LogP contribution in [0.4, 0.5) is 4.39 Å². The van der Waals surface area contributed by atoms with E-state index in [1.807, 2.05) is 37.4 Å². The molecule has 0 aromatic heterocycles. The Bertz CT molecular complexity index is 597. The lowest BCUT2D eigenvalue weighted by atomic mass is 9.95. The van der Waals surface area contributed by atoms with Gasteiger partial charge in [0.1, 0.15) is 17.7 Å². The van der Waals surface area contributed by atoms with Crippen molar-refractivity contribution in [2.45, 2.75) is 18.9 Å². The van der Waals surface area contributed by atoms with Crippen LogP contribution in [0.5, 0.6) is 5.75 Å². The number of fused-ring (bicyclic) bond motifs is 1. The maximum atomic E-state index is 13.8. The van der Waals surface area contributed by atoms with Gasteiger partial charge in [-0.15, -0.1) is 0 Å². The van der Waals surface area contributed by atoms with Gasteiger partial charge in [0.25, 0.3) is 0 Å². The molecule has 3 heteroatoms. The molecule has 1 aliphatic heterocycles. The maximum absolute atomic E-state index is 13.8. The third-order valence-corrected chi connectivity index (χ3v) is 3.67. The first-order valence-electron chi connectivity index (χ1n) is 6.97. The number of aryl methyl sites for hydroxylation is 1. The van der Waals surface area contributed by atoms with Gasteiger partial charge in [0, 0.05) is 12.1 Å². The molecule has 2 nitrogen and oxygen atoms in total. The van der Waals surface area contributed by atoms with E-state index in [9.17, 15) is 4.39 Å². The monoisotopic (exact) mass is 271 g/mol. The molecule has 3 rings (SSSR count). The van der Waals surface area contributed by atoms with Crippen LogP contribution in [-0.2, 0) is 6.42 Å². The SMILES string of the molecule is CNC[C@H]1CCc2cc(F)cc(-c3ccccc3)c2O1. The average Bonchev–Trinajstić information content (AvgIpc) is 2.48. The Morgan fingerprint density at radius 3 is 2.80 bits per heavy atom. The van der Waals surface area contributed by atoms with Crippen LogP contribution in [0.15, 0.2) is 42.5 Å². The van der Waals surface area contributed by atoms with Crippen LogP contribution in [0, 0.1) is 5.82 Å². The molecule has 0 bridgehead atoms. The first-order chi connectivity index (χ1) is 9.78. The quantitative estimate of drug-likeness (QED) is 0.923. The van der Waals surface area contributed by atoms with Crippen LogP contribution < -0.4 is 10.1 Å². The minimum atomic E-state index is -0.196. The molecule has 104 valence electrons. The summed E-state index contributed by atoms with van der Waals surface area (Å²) in [6, 6.07) is 13.0. The number of benzene rings is 2. The van der Waals surface area contributed by atoms with Gasteiger partial charge in [0.05, 0.1) is 0 Å². The molecule has 1 heterocycles. The average molecular weight is 271 g/mol. The largest absolute Gasteiger partial charge is 0.488 e. The van der Waals surface area contributed by atoms with Crippen LogP contribution in [0.25, 0.3) is 11.1 Å².